The Morgan fingerprint density at radius 3 is 1.53 bits per heavy atom. The predicted octanol–water partition coefficient (Wildman–Crippen LogP) is 13.1. The van der Waals surface area contributed by atoms with Gasteiger partial charge in [0.05, 0.1) is 50.9 Å². The molecular formula is C50H29N5. The number of nitrogens with zero attached hydrogens (tertiary/aromatic N) is 5. The summed E-state index contributed by atoms with van der Waals surface area (Å²) in [4.78, 5) is 3.79. The molecule has 0 bridgehead atoms. The van der Waals surface area contributed by atoms with Gasteiger partial charge in [-0.25, -0.2) is 4.85 Å². The second kappa shape index (κ2) is 11.8. The molecule has 0 amide bonds. The van der Waals surface area contributed by atoms with Crippen LogP contribution < -0.4 is 0 Å². The minimum atomic E-state index is 0.565. The third-order valence-electron chi connectivity index (χ3n) is 11.1. The fraction of sp³-hybridized carbons (Fsp3) is 0. The molecule has 5 nitrogen and oxygen atoms in total. The Balaban J connectivity index is 1.20. The van der Waals surface area contributed by atoms with Crippen molar-refractivity contribution in [1.82, 2.24) is 13.7 Å². The van der Waals surface area contributed by atoms with Gasteiger partial charge in [-0.05, 0) is 77.7 Å². The molecule has 0 spiro atoms. The second-order valence-corrected chi connectivity index (χ2v) is 14.0. The molecule has 0 unspecified atom stereocenters. The molecule has 0 saturated heterocycles. The van der Waals surface area contributed by atoms with E-state index in [-0.39, 0.29) is 0 Å². The van der Waals surface area contributed by atoms with Crippen LogP contribution in [0.15, 0.2) is 176 Å². The normalized spacial score (nSPS) is 11.6. The van der Waals surface area contributed by atoms with Crippen molar-refractivity contribution in [2.75, 3.05) is 0 Å². The molecule has 0 aliphatic rings. The monoisotopic (exact) mass is 699 g/mol. The highest BCUT2D eigenvalue weighted by atomic mass is 15.0. The lowest BCUT2D eigenvalue weighted by atomic mass is 9.99. The van der Waals surface area contributed by atoms with Crippen LogP contribution in [0, 0.1) is 17.9 Å². The number of aromatic nitrogens is 3. The molecule has 0 saturated carbocycles. The second-order valence-electron chi connectivity index (χ2n) is 14.0. The zero-order chi connectivity index (χ0) is 36.6. The summed E-state index contributed by atoms with van der Waals surface area (Å²) in [5.41, 5.74) is 12.4. The number of nitriles is 1. The first kappa shape index (κ1) is 30.7. The molecule has 5 heteroatoms. The molecule has 8 aromatic carbocycles. The van der Waals surface area contributed by atoms with E-state index in [4.69, 9.17) is 6.57 Å². The first-order chi connectivity index (χ1) is 27.2. The van der Waals surface area contributed by atoms with Crippen molar-refractivity contribution in [3.8, 4) is 34.3 Å². The van der Waals surface area contributed by atoms with Crippen LogP contribution in [0.5, 0.6) is 0 Å². The quantitative estimate of drug-likeness (QED) is 0.169. The zero-order valence-electron chi connectivity index (χ0n) is 29.5. The van der Waals surface area contributed by atoms with E-state index < -0.39 is 0 Å². The smallest absolute Gasteiger partial charge is 0.188 e. The van der Waals surface area contributed by atoms with Gasteiger partial charge in [0.1, 0.15) is 6.07 Å². The van der Waals surface area contributed by atoms with E-state index in [0.717, 1.165) is 72.1 Å². The number of hydrogen-bond acceptors (Lipinski definition) is 1. The average Bonchev–Trinajstić information content (AvgIpc) is 3.88. The molecule has 0 aliphatic heterocycles. The van der Waals surface area contributed by atoms with Crippen molar-refractivity contribution in [1.29, 1.82) is 5.26 Å². The lowest BCUT2D eigenvalue weighted by Crippen LogP contribution is -2.02. The fourth-order valence-electron chi connectivity index (χ4n) is 8.77. The van der Waals surface area contributed by atoms with Gasteiger partial charge in [-0.3, -0.25) is 0 Å². The van der Waals surface area contributed by atoms with E-state index in [1.807, 2.05) is 30.3 Å². The van der Waals surface area contributed by atoms with Crippen LogP contribution in [0.1, 0.15) is 5.56 Å². The molecular weight excluding hydrogens is 671 g/mol. The van der Waals surface area contributed by atoms with Gasteiger partial charge in [-0.2, -0.15) is 5.26 Å². The van der Waals surface area contributed by atoms with E-state index in [1.54, 1.807) is 0 Å². The lowest BCUT2D eigenvalue weighted by molar-refractivity contribution is 1.15. The number of hydrogen-bond donors (Lipinski definition) is 0. The van der Waals surface area contributed by atoms with Crippen molar-refractivity contribution < 1.29 is 0 Å². The van der Waals surface area contributed by atoms with Crippen LogP contribution in [-0.2, 0) is 0 Å². The topological polar surface area (TPSA) is 42.9 Å². The summed E-state index contributed by atoms with van der Waals surface area (Å²) in [5.74, 6) is 0. The maximum atomic E-state index is 10.8. The Labute approximate surface area is 316 Å². The third-order valence-corrected chi connectivity index (χ3v) is 11.1. The summed E-state index contributed by atoms with van der Waals surface area (Å²) in [5, 5.41) is 17.6. The predicted molar refractivity (Wildman–Crippen MR) is 226 cm³/mol. The minimum Gasteiger partial charge on any atom is -0.309 e. The summed E-state index contributed by atoms with van der Waals surface area (Å²) in [6.45, 7) is 7.84. The van der Waals surface area contributed by atoms with Crippen LogP contribution in [0.4, 0.5) is 5.69 Å². The molecule has 3 heterocycles. The van der Waals surface area contributed by atoms with Crippen LogP contribution >= 0.6 is 0 Å². The summed E-state index contributed by atoms with van der Waals surface area (Å²) < 4.78 is 6.88. The summed E-state index contributed by atoms with van der Waals surface area (Å²) >= 11 is 0. The van der Waals surface area contributed by atoms with Crippen LogP contribution in [-0.4, -0.2) is 13.7 Å². The summed E-state index contributed by atoms with van der Waals surface area (Å²) in [7, 11) is 0. The van der Waals surface area contributed by atoms with Crippen molar-refractivity contribution in [3.63, 3.8) is 0 Å². The summed E-state index contributed by atoms with van der Waals surface area (Å²) in [6.07, 6.45) is 0. The average molecular weight is 700 g/mol. The number of benzene rings is 8. The summed E-state index contributed by atoms with van der Waals surface area (Å²) in [6, 6.07) is 63.7. The minimum absolute atomic E-state index is 0.565. The SMILES string of the molecule is [C-]#[N+]c1ccc2c(c1)c1ccc(-n3c4ccccc4c4ccccc43)cc1n2-c1c(C#N)cccc1-c1cccc(-n2c3ccccc3c3ccccc32)c1. The van der Waals surface area contributed by atoms with Gasteiger partial charge in [0.15, 0.2) is 5.69 Å². The highest BCUT2D eigenvalue weighted by Gasteiger charge is 2.22. The van der Waals surface area contributed by atoms with Gasteiger partial charge in [-0.1, -0.05) is 109 Å². The van der Waals surface area contributed by atoms with Crippen LogP contribution in [0.3, 0.4) is 0 Å². The van der Waals surface area contributed by atoms with Crippen molar-refractivity contribution >= 4 is 71.1 Å². The molecule has 11 rings (SSSR count). The Kier molecular flexibility index (Phi) is 6.61. The molecule has 0 aliphatic carbocycles. The van der Waals surface area contributed by atoms with Gasteiger partial charge in [0.25, 0.3) is 0 Å². The molecule has 0 fully saturated rings. The van der Waals surface area contributed by atoms with Gasteiger partial charge < -0.3 is 13.7 Å². The zero-order valence-corrected chi connectivity index (χ0v) is 29.5. The first-order valence-corrected chi connectivity index (χ1v) is 18.3. The van der Waals surface area contributed by atoms with E-state index in [9.17, 15) is 5.26 Å². The van der Waals surface area contributed by atoms with E-state index in [2.05, 4.69) is 170 Å². The largest absolute Gasteiger partial charge is 0.309 e. The molecule has 0 atom stereocenters. The van der Waals surface area contributed by atoms with Gasteiger partial charge >= 0.3 is 0 Å². The van der Waals surface area contributed by atoms with Crippen LogP contribution in [0.2, 0.25) is 0 Å². The molecule has 11 aromatic rings. The van der Waals surface area contributed by atoms with Crippen molar-refractivity contribution in [3.05, 3.63) is 193 Å². The molecule has 3 aromatic heterocycles. The molecule has 0 N–H and O–H groups in total. The first-order valence-electron chi connectivity index (χ1n) is 18.3. The Hall–Kier alpha value is -7.86. The number of fused-ring (bicyclic) bond motifs is 9. The number of para-hydroxylation sites is 5. The fourth-order valence-corrected chi connectivity index (χ4v) is 8.77. The lowest BCUT2D eigenvalue weighted by Gasteiger charge is -2.17. The molecule has 0 radical (unpaired) electrons. The van der Waals surface area contributed by atoms with Crippen molar-refractivity contribution in [2.45, 2.75) is 0 Å². The van der Waals surface area contributed by atoms with Gasteiger partial charge in [-0.15, -0.1) is 0 Å². The highest BCUT2D eigenvalue weighted by Crippen LogP contribution is 2.42. The Morgan fingerprint density at radius 1 is 0.418 bits per heavy atom. The van der Waals surface area contributed by atoms with Gasteiger partial charge in [0, 0.05) is 43.9 Å². The van der Waals surface area contributed by atoms with E-state index in [1.165, 1.54) is 21.5 Å². The van der Waals surface area contributed by atoms with Crippen LogP contribution in [0.25, 0.3) is 98.5 Å². The van der Waals surface area contributed by atoms with E-state index >= 15 is 0 Å². The number of rotatable bonds is 4. The maximum absolute atomic E-state index is 10.8. The maximum Gasteiger partial charge on any atom is 0.188 e. The highest BCUT2D eigenvalue weighted by molar-refractivity contribution is 6.13. The Bertz CT molecular complexity index is 3360. The standard InChI is InChI=1S/C50H29N5/c1-52-34-24-27-48-43(29-34)42-26-25-36(54-46-22-8-4-17-40(46)41-18-5-9-23-47(41)54)30-49(42)55(48)50-33(31-51)13-11-19-37(50)32-12-10-14-35(28-32)53-44-20-6-2-15-38(44)39-16-3-7-21-45(39)53/h2-30H. The molecule has 55 heavy (non-hydrogen) atoms. The third kappa shape index (κ3) is 4.45. The molecule has 254 valence electrons. The van der Waals surface area contributed by atoms with Crippen molar-refractivity contribution in [2.24, 2.45) is 0 Å². The Morgan fingerprint density at radius 2 is 0.945 bits per heavy atom. The van der Waals surface area contributed by atoms with Gasteiger partial charge in [0.2, 0.25) is 0 Å². The van der Waals surface area contributed by atoms with E-state index in [0.29, 0.717) is 11.3 Å².